The van der Waals surface area contributed by atoms with E-state index in [4.69, 9.17) is 0 Å². The van der Waals surface area contributed by atoms with E-state index in [0.29, 0.717) is 16.4 Å². The lowest BCUT2D eigenvalue weighted by Crippen LogP contribution is -2.00. The van der Waals surface area contributed by atoms with E-state index >= 15 is 0 Å². The molecule has 2 heterocycles. The van der Waals surface area contributed by atoms with Crippen LogP contribution < -0.4 is 0 Å². The second kappa shape index (κ2) is 5.85. The topological polar surface area (TPSA) is 59.4 Å². The van der Waals surface area contributed by atoms with Crippen LogP contribution in [0.4, 0.5) is 4.39 Å². The van der Waals surface area contributed by atoms with Crippen molar-refractivity contribution < 1.29 is 4.39 Å². The Morgan fingerprint density at radius 3 is 2.86 bits per heavy atom. The zero-order chi connectivity index (χ0) is 14.8. The molecule has 0 saturated carbocycles. The van der Waals surface area contributed by atoms with Gasteiger partial charge >= 0.3 is 0 Å². The number of nitrogens with one attached hydrogen (secondary N) is 1. The standard InChI is InChI=1S/C14H16FN5S/c1-3-12-17-14(19-18-12)21-8-13-16-10-7-9(15)5-6-11(10)20(13)4-2/h5-7H,3-4,8H2,1-2H3,(H,17,18,19). The summed E-state index contributed by atoms with van der Waals surface area (Å²) in [5, 5.41) is 7.77. The molecule has 0 fully saturated rings. The van der Waals surface area contributed by atoms with Crippen LogP contribution in [0, 0.1) is 5.82 Å². The molecule has 0 spiro atoms. The number of hydrogen-bond donors (Lipinski definition) is 1. The lowest BCUT2D eigenvalue weighted by atomic mass is 10.3. The van der Waals surface area contributed by atoms with E-state index in [2.05, 4.69) is 31.7 Å². The Hall–Kier alpha value is -1.89. The lowest BCUT2D eigenvalue weighted by molar-refractivity contribution is 0.629. The van der Waals surface area contributed by atoms with E-state index in [1.807, 2.05) is 6.92 Å². The predicted octanol–water partition coefficient (Wildman–Crippen LogP) is 3.17. The summed E-state index contributed by atoms with van der Waals surface area (Å²) < 4.78 is 15.4. The third-order valence-electron chi connectivity index (χ3n) is 3.28. The summed E-state index contributed by atoms with van der Waals surface area (Å²) >= 11 is 1.53. The van der Waals surface area contributed by atoms with Gasteiger partial charge in [-0.25, -0.2) is 14.4 Å². The van der Waals surface area contributed by atoms with Gasteiger partial charge in [0.1, 0.15) is 17.5 Å². The molecule has 0 amide bonds. The van der Waals surface area contributed by atoms with Crippen molar-refractivity contribution in [2.24, 2.45) is 0 Å². The van der Waals surface area contributed by atoms with Crippen molar-refractivity contribution in [1.29, 1.82) is 0 Å². The molecule has 0 radical (unpaired) electrons. The Morgan fingerprint density at radius 2 is 2.14 bits per heavy atom. The first-order chi connectivity index (χ1) is 10.2. The minimum atomic E-state index is -0.260. The Bertz CT molecular complexity index is 764. The highest BCUT2D eigenvalue weighted by molar-refractivity contribution is 7.98. The molecule has 5 nitrogen and oxygen atoms in total. The monoisotopic (exact) mass is 305 g/mol. The van der Waals surface area contributed by atoms with Gasteiger partial charge in [0.05, 0.1) is 16.8 Å². The summed E-state index contributed by atoms with van der Waals surface area (Å²) in [6.45, 7) is 4.88. The minimum Gasteiger partial charge on any atom is -0.328 e. The van der Waals surface area contributed by atoms with Crippen LogP contribution in [0.2, 0.25) is 0 Å². The zero-order valence-electron chi connectivity index (χ0n) is 11.9. The zero-order valence-corrected chi connectivity index (χ0v) is 12.7. The Labute approximate surface area is 126 Å². The second-order valence-electron chi connectivity index (χ2n) is 4.61. The maximum Gasteiger partial charge on any atom is 0.208 e. The number of H-pyrrole nitrogens is 1. The number of hydrogen-bond acceptors (Lipinski definition) is 4. The van der Waals surface area contributed by atoms with Crippen LogP contribution in [0.5, 0.6) is 0 Å². The third-order valence-corrected chi connectivity index (χ3v) is 4.13. The number of thioether (sulfide) groups is 1. The molecule has 1 aromatic carbocycles. The number of aromatic amines is 1. The number of halogens is 1. The molecule has 7 heteroatoms. The third kappa shape index (κ3) is 2.78. The van der Waals surface area contributed by atoms with Crippen LogP contribution in [0.25, 0.3) is 11.0 Å². The van der Waals surface area contributed by atoms with E-state index in [1.54, 1.807) is 6.07 Å². The maximum atomic E-state index is 13.3. The van der Waals surface area contributed by atoms with Crippen molar-refractivity contribution in [3.8, 4) is 0 Å². The molecule has 2 aromatic heterocycles. The highest BCUT2D eigenvalue weighted by Gasteiger charge is 2.12. The lowest BCUT2D eigenvalue weighted by Gasteiger charge is -2.04. The van der Waals surface area contributed by atoms with Crippen molar-refractivity contribution in [3.63, 3.8) is 0 Å². The fraction of sp³-hybridized carbons (Fsp3) is 0.357. The first-order valence-corrected chi connectivity index (χ1v) is 7.88. The van der Waals surface area contributed by atoms with Gasteiger partial charge in [-0.3, -0.25) is 5.10 Å². The Balaban J connectivity index is 1.85. The van der Waals surface area contributed by atoms with Gasteiger partial charge in [0.15, 0.2) is 0 Å². The van der Waals surface area contributed by atoms with Gasteiger partial charge in [-0.05, 0) is 19.1 Å². The van der Waals surface area contributed by atoms with Crippen LogP contribution in [-0.2, 0) is 18.7 Å². The van der Waals surface area contributed by atoms with Gasteiger partial charge in [0.25, 0.3) is 0 Å². The molecule has 0 aliphatic carbocycles. The SMILES string of the molecule is CCc1nc(SCc2nc3cc(F)ccc3n2CC)n[nH]1. The number of rotatable bonds is 5. The van der Waals surface area contributed by atoms with Gasteiger partial charge in [-0.2, -0.15) is 0 Å². The fourth-order valence-corrected chi connectivity index (χ4v) is 3.01. The van der Waals surface area contributed by atoms with Crippen LogP contribution in [0.3, 0.4) is 0 Å². The molecule has 21 heavy (non-hydrogen) atoms. The van der Waals surface area contributed by atoms with Crippen molar-refractivity contribution in [2.45, 2.75) is 37.7 Å². The van der Waals surface area contributed by atoms with Crippen molar-refractivity contribution in [2.75, 3.05) is 0 Å². The quantitative estimate of drug-likeness (QED) is 0.736. The van der Waals surface area contributed by atoms with Gasteiger partial charge in [-0.15, -0.1) is 5.10 Å². The van der Waals surface area contributed by atoms with E-state index < -0.39 is 0 Å². The van der Waals surface area contributed by atoms with Crippen LogP contribution in [-0.4, -0.2) is 24.7 Å². The van der Waals surface area contributed by atoms with Crippen LogP contribution >= 0.6 is 11.8 Å². The average molecular weight is 305 g/mol. The van der Waals surface area contributed by atoms with Gasteiger partial charge in [-0.1, -0.05) is 18.7 Å². The summed E-state index contributed by atoms with van der Waals surface area (Å²) in [6.07, 6.45) is 0.834. The highest BCUT2D eigenvalue weighted by Crippen LogP contribution is 2.23. The molecule has 1 N–H and O–H groups in total. The summed E-state index contributed by atoms with van der Waals surface area (Å²) in [4.78, 5) is 8.89. The molecule has 0 unspecified atom stereocenters. The smallest absolute Gasteiger partial charge is 0.208 e. The van der Waals surface area contributed by atoms with E-state index in [-0.39, 0.29) is 5.82 Å². The molecule has 0 aliphatic rings. The predicted molar refractivity (Wildman–Crippen MR) is 80.7 cm³/mol. The molecular weight excluding hydrogens is 289 g/mol. The van der Waals surface area contributed by atoms with Gasteiger partial charge < -0.3 is 4.57 Å². The van der Waals surface area contributed by atoms with Crippen molar-refractivity contribution in [1.82, 2.24) is 24.7 Å². The largest absolute Gasteiger partial charge is 0.328 e. The van der Waals surface area contributed by atoms with Gasteiger partial charge in [0.2, 0.25) is 5.16 Å². The second-order valence-corrected chi connectivity index (χ2v) is 5.55. The molecule has 0 saturated heterocycles. The number of aryl methyl sites for hydroxylation is 2. The normalized spacial score (nSPS) is 11.4. The Kier molecular flexibility index (Phi) is 3.92. The number of aromatic nitrogens is 5. The number of imidazole rings is 1. The molecule has 0 atom stereocenters. The number of benzene rings is 1. The van der Waals surface area contributed by atoms with E-state index in [9.17, 15) is 4.39 Å². The first-order valence-electron chi connectivity index (χ1n) is 6.90. The van der Waals surface area contributed by atoms with Crippen LogP contribution in [0.1, 0.15) is 25.5 Å². The van der Waals surface area contributed by atoms with Crippen molar-refractivity contribution in [3.05, 3.63) is 35.7 Å². The number of fused-ring (bicyclic) bond motifs is 1. The first kappa shape index (κ1) is 14.1. The highest BCUT2D eigenvalue weighted by atomic mass is 32.2. The Morgan fingerprint density at radius 1 is 1.29 bits per heavy atom. The maximum absolute atomic E-state index is 13.3. The van der Waals surface area contributed by atoms with E-state index in [0.717, 1.165) is 30.1 Å². The summed E-state index contributed by atoms with van der Waals surface area (Å²) in [5.74, 6) is 2.18. The average Bonchev–Trinajstić information content (AvgIpc) is 3.07. The molecule has 110 valence electrons. The summed E-state index contributed by atoms with van der Waals surface area (Å²) in [5.41, 5.74) is 1.65. The molecule has 3 rings (SSSR count). The summed E-state index contributed by atoms with van der Waals surface area (Å²) in [7, 11) is 0. The number of nitrogens with zero attached hydrogens (tertiary/aromatic N) is 4. The molecule has 0 aliphatic heterocycles. The molecule has 0 bridgehead atoms. The molecular formula is C14H16FN5S. The van der Waals surface area contributed by atoms with Gasteiger partial charge in [0, 0.05) is 19.0 Å². The van der Waals surface area contributed by atoms with E-state index in [1.165, 1.54) is 23.9 Å². The van der Waals surface area contributed by atoms with Crippen LogP contribution in [0.15, 0.2) is 23.4 Å². The minimum absolute atomic E-state index is 0.260. The molecule has 3 aromatic rings. The summed E-state index contributed by atoms with van der Waals surface area (Å²) in [6, 6.07) is 4.71. The van der Waals surface area contributed by atoms with Crippen molar-refractivity contribution >= 4 is 22.8 Å². The fourth-order valence-electron chi connectivity index (χ4n) is 2.25.